The number of thiophene rings is 1. The first-order valence-corrected chi connectivity index (χ1v) is 14.5. The zero-order chi connectivity index (χ0) is 29.4. The van der Waals surface area contributed by atoms with Gasteiger partial charge in [0.1, 0.15) is 40.4 Å². The van der Waals surface area contributed by atoms with Crippen LogP contribution in [0, 0.1) is 11.3 Å². The van der Waals surface area contributed by atoms with E-state index in [-0.39, 0.29) is 23.8 Å². The molecule has 6 nitrogen and oxygen atoms in total. The lowest BCUT2D eigenvalue weighted by molar-refractivity contribution is 0.0740. The van der Waals surface area contributed by atoms with E-state index in [4.69, 9.17) is 54.7 Å². The standard InChI is InChI=1S/C32H19Cl3N2O4S/c33-19-9-8-18(25(34)13-19)16-39-20-5-3-4-17(12-20)28-22-11-10-21(14-26(22)41-31(37)24(28)15-36)40-32(38)30-29(35)23-6-1-2-7-27(23)42-30/h1-14,28H,16,37H2. The van der Waals surface area contributed by atoms with Crippen LogP contribution in [0.15, 0.2) is 96.4 Å². The van der Waals surface area contributed by atoms with Gasteiger partial charge in [-0.05, 0) is 42.0 Å². The predicted octanol–water partition coefficient (Wildman–Crippen LogP) is 8.88. The number of esters is 1. The minimum atomic E-state index is -0.583. The topological polar surface area (TPSA) is 94.6 Å². The number of rotatable bonds is 6. The number of fused-ring (bicyclic) bond motifs is 2. The molecule has 0 radical (unpaired) electrons. The van der Waals surface area contributed by atoms with Gasteiger partial charge in [-0.2, -0.15) is 5.26 Å². The van der Waals surface area contributed by atoms with Crippen LogP contribution in [0.1, 0.15) is 32.3 Å². The van der Waals surface area contributed by atoms with Gasteiger partial charge in [0.05, 0.1) is 10.9 Å². The van der Waals surface area contributed by atoms with Gasteiger partial charge >= 0.3 is 5.97 Å². The molecule has 208 valence electrons. The summed E-state index contributed by atoms with van der Waals surface area (Å²) in [5, 5.41) is 12.2. The molecule has 0 saturated carbocycles. The number of nitrogens with two attached hydrogens (primary N) is 1. The zero-order valence-electron chi connectivity index (χ0n) is 21.6. The van der Waals surface area contributed by atoms with Crippen LogP contribution in [-0.2, 0) is 6.61 Å². The molecule has 0 aliphatic carbocycles. The fourth-order valence-corrected chi connectivity index (χ4v) is 6.57. The quantitative estimate of drug-likeness (QED) is 0.148. The lowest BCUT2D eigenvalue weighted by atomic mass is 9.83. The van der Waals surface area contributed by atoms with Crippen molar-refractivity contribution in [2.24, 2.45) is 5.73 Å². The van der Waals surface area contributed by atoms with Crippen LogP contribution in [-0.4, -0.2) is 5.97 Å². The lowest BCUT2D eigenvalue weighted by Crippen LogP contribution is -2.21. The van der Waals surface area contributed by atoms with Crippen molar-refractivity contribution >= 4 is 62.2 Å². The molecule has 2 N–H and O–H groups in total. The van der Waals surface area contributed by atoms with Crippen LogP contribution < -0.4 is 19.9 Å². The van der Waals surface area contributed by atoms with E-state index >= 15 is 0 Å². The molecule has 1 unspecified atom stereocenters. The number of ether oxygens (including phenoxy) is 3. The molecular weight excluding hydrogens is 615 g/mol. The van der Waals surface area contributed by atoms with Gasteiger partial charge in [-0.3, -0.25) is 0 Å². The summed E-state index contributed by atoms with van der Waals surface area (Å²) in [4.78, 5) is 13.3. The summed E-state index contributed by atoms with van der Waals surface area (Å²) in [7, 11) is 0. The summed E-state index contributed by atoms with van der Waals surface area (Å²) < 4.78 is 18.4. The summed E-state index contributed by atoms with van der Waals surface area (Å²) in [6.45, 7) is 0.228. The van der Waals surface area contributed by atoms with E-state index < -0.39 is 11.9 Å². The van der Waals surface area contributed by atoms with E-state index in [9.17, 15) is 10.1 Å². The molecule has 0 saturated heterocycles. The van der Waals surface area contributed by atoms with Crippen LogP contribution in [0.25, 0.3) is 10.1 Å². The second-order valence-electron chi connectivity index (χ2n) is 9.35. The summed E-state index contributed by atoms with van der Waals surface area (Å²) in [5.74, 6) is 0.0294. The van der Waals surface area contributed by atoms with E-state index in [0.29, 0.717) is 37.0 Å². The van der Waals surface area contributed by atoms with Gasteiger partial charge in [-0.25, -0.2) is 4.79 Å². The minimum absolute atomic E-state index is 0.0368. The first kappa shape index (κ1) is 28.0. The van der Waals surface area contributed by atoms with Gasteiger partial charge in [0, 0.05) is 37.3 Å². The number of carbonyl (C=O) groups excluding carboxylic acids is 1. The second-order valence-corrected chi connectivity index (χ2v) is 11.6. The van der Waals surface area contributed by atoms with Crippen molar-refractivity contribution in [1.82, 2.24) is 0 Å². The molecule has 6 rings (SSSR count). The molecule has 5 aromatic rings. The van der Waals surface area contributed by atoms with Crippen LogP contribution >= 0.6 is 46.1 Å². The maximum Gasteiger partial charge on any atom is 0.355 e. The van der Waals surface area contributed by atoms with Crippen LogP contribution in [0.3, 0.4) is 0 Å². The molecule has 1 aliphatic heterocycles. The molecule has 1 aromatic heterocycles. The van der Waals surface area contributed by atoms with E-state index in [2.05, 4.69) is 6.07 Å². The Bertz CT molecular complexity index is 1950. The summed E-state index contributed by atoms with van der Waals surface area (Å²) in [5.41, 5.74) is 8.67. The van der Waals surface area contributed by atoms with E-state index in [1.807, 2.05) is 48.5 Å². The fourth-order valence-electron chi connectivity index (χ4n) is 4.72. The normalized spacial score (nSPS) is 14.2. The zero-order valence-corrected chi connectivity index (χ0v) is 24.7. The first-order valence-electron chi connectivity index (χ1n) is 12.6. The summed E-state index contributed by atoms with van der Waals surface area (Å²) in [6, 6.07) is 27.2. The highest BCUT2D eigenvalue weighted by Gasteiger charge is 2.31. The van der Waals surface area contributed by atoms with Crippen LogP contribution in [0.5, 0.6) is 17.2 Å². The number of carbonyl (C=O) groups is 1. The molecule has 1 atom stereocenters. The fraction of sp³-hybridized carbons (Fsp3) is 0.0625. The molecule has 2 heterocycles. The number of hydrogen-bond acceptors (Lipinski definition) is 7. The van der Waals surface area contributed by atoms with Gasteiger partial charge in [0.2, 0.25) is 5.88 Å². The minimum Gasteiger partial charge on any atom is -0.489 e. The Hall–Kier alpha value is -4.19. The van der Waals surface area contributed by atoms with E-state index in [1.54, 1.807) is 36.4 Å². The van der Waals surface area contributed by atoms with E-state index in [1.165, 1.54) is 11.3 Å². The summed E-state index contributed by atoms with van der Waals surface area (Å²) >= 11 is 20.0. The first-order chi connectivity index (χ1) is 20.3. The van der Waals surface area contributed by atoms with Gasteiger partial charge in [-0.15, -0.1) is 11.3 Å². The van der Waals surface area contributed by atoms with Crippen LogP contribution in [0.2, 0.25) is 15.1 Å². The van der Waals surface area contributed by atoms with Gasteiger partial charge < -0.3 is 19.9 Å². The molecule has 1 aliphatic rings. The van der Waals surface area contributed by atoms with Gasteiger partial charge in [0.25, 0.3) is 0 Å². The molecular formula is C32H19Cl3N2O4S. The monoisotopic (exact) mass is 632 g/mol. The van der Waals surface area contributed by atoms with Crippen molar-refractivity contribution in [3.8, 4) is 23.3 Å². The third kappa shape index (κ3) is 5.38. The average Bonchev–Trinajstić information content (AvgIpc) is 3.32. The molecule has 0 fully saturated rings. The molecule has 0 spiro atoms. The molecule has 0 amide bonds. The molecule has 0 bridgehead atoms. The van der Waals surface area contributed by atoms with Crippen molar-refractivity contribution in [1.29, 1.82) is 5.26 Å². The Balaban J connectivity index is 1.28. The Kier molecular flexibility index (Phi) is 7.72. The van der Waals surface area contributed by atoms with Crippen molar-refractivity contribution in [3.63, 3.8) is 0 Å². The third-order valence-corrected chi connectivity index (χ3v) is 8.96. The maximum atomic E-state index is 13.0. The average molecular weight is 634 g/mol. The third-order valence-electron chi connectivity index (χ3n) is 6.72. The van der Waals surface area contributed by atoms with E-state index in [0.717, 1.165) is 21.2 Å². The Labute approximate surface area is 260 Å². The SMILES string of the molecule is N#CC1=C(N)Oc2cc(OC(=O)c3sc4ccccc4c3Cl)ccc2C1c1cccc(OCc2ccc(Cl)cc2Cl)c1. The highest BCUT2D eigenvalue weighted by atomic mass is 35.5. The molecule has 42 heavy (non-hydrogen) atoms. The number of benzene rings is 4. The number of allylic oxidation sites excluding steroid dienone is 1. The van der Waals surface area contributed by atoms with Crippen LogP contribution in [0.4, 0.5) is 0 Å². The Morgan fingerprint density at radius 2 is 1.81 bits per heavy atom. The van der Waals surface area contributed by atoms with Gasteiger partial charge in [0.15, 0.2) is 0 Å². The van der Waals surface area contributed by atoms with Crippen molar-refractivity contribution in [2.75, 3.05) is 0 Å². The second kappa shape index (κ2) is 11.6. The highest BCUT2D eigenvalue weighted by Crippen LogP contribution is 2.44. The predicted molar refractivity (Wildman–Crippen MR) is 165 cm³/mol. The van der Waals surface area contributed by atoms with Crippen molar-refractivity contribution < 1.29 is 19.0 Å². The van der Waals surface area contributed by atoms with Crippen molar-refractivity contribution in [3.05, 3.63) is 133 Å². The number of halogens is 3. The number of nitriles is 1. The smallest absolute Gasteiger partial charge is 0.355 e. The Morgan fingerprint density at radius 1 is 0.976 bits per heavy atom. The van der Waals surface area contributed by atoms with Gasteiger partial charge in [-0.1, -0.05) is 77.3 Å². The molecule has 10 heteroatoms. The number of nitrogens with zero attached hydrogens (tertiary/aromatic N) is 1. The van der Waals surface area contributed by atoms with Crippen molar-refractivity contribution in [2.45, 2.75) is 12.5 Å². The summed E-state index contributed by atoms with van der Waals surface area (Å²) in [6.07, 6.45) is 0. The lowest BCUT2D eigenvalue weighted by Gasteiger charge is -2.27. The maximum absolute atomic E-state index is 13.0. The largest absolute Gasteiger partial charge is 0.489 e. The highest BCUT2D eigenvalue weighted by molar-refractivity contribution is 7.21. The molecule has 4 aromatic carbocycles. The Morgan fingerprint density at radius 3 is 2.60 bits per heavy atom. The number of hydrogen-bond donors (Lipinski definition) is 1.